The lowest BCUT2D eigenvalue weighted by Crippen LogP contribution is -2.30. The van der Waals surface area contributed by atoms with Gasteiger partial charge in [0.1, 0.15) is 0 Å². The van der Waals surface area contributed by atoms with E-state index in [-0.39, 0.29) is 5.69 Å². The summed E-state index contributed by atoms with van der Waals surface area (Å²) in [5.74, 6) is -0.752. The second-order valence-electron chi connectivity index (χ2n) is 4.89. The predicted molar refractivity (Wildman–Crippen MR) is 65.3 cm³/mol. The average molecular weight is 249 g/mol. The lowest BCUT2D eigenvalue weighted by Gasteiger charge is -2.23. The molecule has 0 aromatic heterocycles. The highest BCUT2D eigenvalue weighted by Gasteiger charge is 2.41. The van der Waals surface area contributed by atoms with Crippen LogP contribution in [0, 0.1) is 15.5 Å². The molecule has 0 saturated heterocycles. The van der Waals surface area contributed by atoms with E-state index in [1.54, 1.807) is 12.1 Å². The lowest BCUT2D eigenvalue weighted by atomic mass is 9.80. The Labute approximate surface area is 105 Å². The number of nitro benzene ring substituents is 1. The zero-order valence-electron chi connectivity index (χ0n) is 9.96. The van der Waals surface area contributed by atoms with Gasteiger partial charge in [0.25, 0.3) is 5.69 Å². The SMILES string of the molecule is O=C(O)C1(Cc2ccc([N+](=O)[O-])cc2)CCCC1. The van der Waals surface area contributed by atoms with Crippen LogP contribution >= 0.6 is 0 Å². The van der Waals surface area contributed by atoms with Crippen LogP contribution in [-0.2, 0) is 11.2 Å². The molecule has 0 unspecified atom stereocenters. The third kappa shape index (κ3) is 2.34. The van der Waals surface area contributed by atoms with E-state index in [1.165, 1.54) is 12.1 Å². The fourth-order valence-corrected chi connectivity index (χ4v) is 2.64. The first-order chi connectivity index (χ1) is 8.53. The minimum atomic E-state index is -0.752. The monoisotopic (exact) mass is 249 g/mol. The van der Waals surface area contributed by atoms with E-state index in [0.717, 1.165) is 18.4 Å². The minimum Gasteiger partial charge on any atom is -0.481 e. The van der Waals surface area contributed by atoms with E-state index < -0.39 is 16.3 Å². The molecule has 1 fully saturated rings. The van der Waals surface area contributed by atoms with Crippen molar-refractivity contribution in [2.75, 3.05) is 0 Å². The molecular formula is C13H15NO4. The number of aliphatic carboxylic acids is 1. The Balaban J connectivity index is 2.17. The summed E-state index contributed by atoms with van der Waals surface area (Å²) in [7, 11) is 0. The summed E-state index contributed by atoms with van der Waals surface area (Å²) in [6.07, 6.45) is 3.73. The first kappa shape index (κ1) is 12.5. The molecule has 18 heavy (non-hydrogen) atoms. The molecule has 1 aromatic rings. The molecule has 0 amide bonds. The maximum Gasteiger partial charge on any atom is 0.309 e. The van der Waals surface area contributed by atoms with Crippen molar-refractivity contribution >= 4 is 11.7 Å². The zero-order valence-corrected chi connectivity index (χ0v) is 9.96. The van der Waals surface area contributed by atoms with Crippen molar-refractivity contribution in [1.82, 2.24) is 0 Å². The highest BCUT2D eigenvalue weighted by atomic mass is 16.6. The van der Waals surface area contributed by atoms with Crippen LogP contribution in [0.4, 0.5) is 5.69 Å². The van der Waals surface area contributed by atoms with Gasteiger partial charge in [-0.05, 0) is 24.8 Å². The molecule has 1 aromatic carbocycles. The van der Waals surface area contributed by atoms with Crippen LogP contribution in [-0.4, -0.2) is 16.0 Å². The quantitative estimate of drug-likeness (QED) is 0.657. The summed E-state index contributed by atoms with van der Waals surface area (Å²) < 4.78 is 0. The van der Waals surface area contributed by atoms with Gasteiger partial charge in [-0.15, -0.1) is 0 Å². The van der Waals surface area contributed by atoms with Crippen molar-refractivity contribution in [3.05, 3.63) is 39.9 Å². The molecule has 1 aliphatic carbocycles. The van der Waals surface area contributed by atoms with Crippen molar-refractivity contribution in [2.24, 2.45) is 5.41 Å². The molecule has 5 heteroatoms. The van der Waals surface area contributed by atoms with Gasteiger partial charge in [0.05, 0.1) is 10.3 Å². The molecule has 0 atom stereocenters. The Bertz CT molecular complexity index is 460. The number of nitrogens with zero attached hydrogens (tertiary/aromatic N) is 1. The van der Waals surface area contributed by atoms with Gasteiger partial charge in [-0.2, -0.15) is 0 Å². The Kier molecular flexibility index (Phi) is 3.32. The summed E-state index contributed by atoms with van der Waals surface area (Å²) in [6.45, 7) is 0. The van der Waals surface area contributed by atoms with E-state index in [1.807, 2.05) is 0 Å². The van der Waals surface area contributed by atoms with Crippen LogP contribution in [0.2, 0.25) is 0 Å². The maximum absolute atomic E-state index is 11.4. The molecule has 0 bridgehead atoms. The Morgan fingerprint density at radius 2 is 1.83 bits per heavy atom. The normalized spacial score (nSPS) is 17.6. The molecule has 2 rings (SSSR count). The van der Waals surface area contributed by atoms with Crippen LogP contribution < -0.4 is 0 Å². The van der Waals surface area contributed by atoms with E-state index >= 15 is 0 Å². The zero-order chi connectivity index (χ0) is 13.2. The number of benzene rings is 1. The second kappa shape index (κ2) is 4.76. The van der Waals surface area contributed by atoms with Gasteiger partial charge in [-0.1, -0.05) is 25.0 Å². The number of non-ortho nitro benzene ring substituents is 1. The summed E-state index contributed by atoms with van der Waals surface area (Å²) in [5, 5.41) is 19.9. The van der Waals surface area contributed by atoms with Gasteiger partial charge < -0.3 is 5.11 Å². The largest absolute Gasteiger partial charge is 0.481 e. The fraction of sp³-hybridized carbons (Fsp3) is 0.462. The maximum atomic E-state index is 11.4. The Morgan fingerprint density at radius 3 is 2.28 bits per heavy atom. The van der Waals surface area contributed by atoms with Crippen molar-refractivity contribution in [1.29, 1.82) is 0 Å². The molecule has 5 nitrogen and oxygen atoms in total. The van der Waals surface area contributed by atoms with E-state index in [9.17, 15) is 20.0 Å². The molecule has 1 saturated carbocycles. The van der Waals surface area contributed by atoms with Crippen molar-refractivity contribution in [3.8, 4) is 0 Å². The first-order valence-corrected chi connectivity index (χ1v) is 6.00. The standard InChI is InChI=1S/C13H15NO4/c15-12(16)13(7-1-2-8-13)9-10-3-5-11(6-4-10)14(17)18/h3-6H,1-2,7-9H2,(H,15,16). The summed E-state index contributed by atoms with van der Waals surface area (Å²) in [6, 6.07) is 6.17. The van der Waals surface area contributed by atoms with Crippen LogP contribution in [0.1, 0.15) is 31.2 Å². The van der Waals surface area contributed by atoms with E-state index in [4.69, 9.17) is 0 Å². The number of rotatable bonds is 4. The lowest BCUT2D eigenvalue weighted by molar-refractivity contribution is -0.384. The molecule has 96 valence electrons. The van der Waals surface area contributed by atoms with Crippen LogP contribution in [0.3, 0.4) is 0 Å². The average Bonchev–Trinajstić information content (AvgIpc) is 2.79. The number of nitro groups is 1. The smallest absolute Gasteiger partial charge is 0.309 e. The summed E-state index contributed by atoms with van der Waals surface area (Å²) >= 11 is 0. The van der Waals surface area contributed by atoms with Gasteiger partial charge in [0.2, 0.25) is 0 Å². The van der Waals surface area contributed by atoms with Crippen LogP contribution in [0.25, 0.3) is 0 Å². The van der Waals surface area contributed by atoms with Gasteiger partial charge in [0, 0.05) is 12.1 Å². The molecule has 0 heterocycles. The van der Waals surface area contributed by atoms with E-state index in [2.05, 4.69) is 0 Å². The van der Waals surface area contributed by atoms with E-state index in [0.29, 0.717) is 19.3 Å². The van der Waals surface area contributed by atoms with Crippen molar-refractivity contribution in [2.45, 2.75) is 32.1 Å². The number of carboxylic acid groups (broad SMARTS) is 1. The molecule has 0 radical (unpaired) electrons. The first-order valence-electron chi connectivity index (χ1n) is 6.00. The van der Waals surface area contributed by atoms with Gasteiger partial charge in [0.15, 0.2) is 0 Å². The van der Waals surface area contributed by atoms with Crippen molar-refractivity contribution < 1.29 is 14.8 Å². The fourth-order valence-electron chi connectivity index (χ4n) is 2.64. The van der Waals surface area contributed by atoms with Gasteiger partial charge in [-0.3, -0.25) is 14.9 Å². The Morgan fingerprint density at radius 1 is 1.28 bits per heavy atom. The van der Waals surface area contributed by atoms with Crippen molar-refractivity contribution in [3.63, 3.8) is 0 Å². The minimum absolute atomic E-state index is 0.0366. The highest BCUT2D eigenvalue weighted by molar-refractivity contribution is 5.75. The number of carbonyl (C=O) groups is 1. The van der Waals surface area contributed by atoms with Gasteiger partial charge >= 0.3 is 5.97 Å². The molecular weight excluding hydrogens is 234 g/mol. The number of carboxylic acids is 1. The van der Waals surface area contributed by atoms with Crippen LogP contribution in [0.5, 0.6) is 0 Å². The van der Waals surface area contributed by atoms with Crippen LogP contribution in [0.15, 0.2) is 24.3 Å². The second-order valence-corrected chi connectivity index (χ2v) is 4.89. The highest BCUT2D eigenvalue weighted by Crippen LogP contribution is 2.41. The number of hydrogen-bond donors (Lipinski definition) is 1. The third-order valence-corrected chi connectivity index (χ3v) is 3.70. The summed E-state index contributed by atoms with van der Waals surface area (Å²) in [5.41, 5.74) is 0.218. The summed E-state index contributed by atoms with van der Waals surface area (Å²) in [4.78, 5) is 21.5. The molecule has 1 N–H and O–H groups in total. The molecule has 0 aliphatic heterocycles. The number of hydrogen-bond acceptors (Lipinski definition) is 3. The predicted octanol–water partition coefficient (Wildman–Crippen LogP) is 2.78. The molecule has 0 spiro atoms. The molecule has 1 aliphatic rings. The third-order valence-electron chi connectivity index (χ3n) is 3.70. The Hall–Kier alpha value is -1.91. The van der Waals surface area contributed by atoms with Gasteiger partial charge in [-0.25, -0.2) is 0 Å². The topological polar surface area (TPSA) is 80.4 Å².